The van der Waals surface area contributed by atoms with Gasteiger partial charge in [-0.1, -0.05) is 40.6 Å². The van der Waals surface area contributed by atoms with E-state index in [1.54, 1.807) is 22.8 Å². The van der Waals surface area contributed by atoms with Crippen LogP contribution in [0.5, 0.6) is 0 Å². The number of aryl methyl sites for hydroxylation is 1. The summed E-state index contributed by atoms with van der Waals surface area (Å²) in [5.41, 5.74) is 0.713. The maximum absolute atomic E-state index is 14.0. The molecule has 0 aliphatic heterocycles. The standard InChI is InChI=1S/C16H11Cl2FN2OS/c1-2-21-14-12(19)4-3-5-13(14)23-16(21)20-15(22)10-7-6-9(17)8-11(10)18/h3-8H,2H2,1H3. The summed E-state index contributed by atoms with van der Waals surface area (Å²) in [5.74, 6) is -0.820. The molecule has 0 aliphatic carbocycles. The molecule has 0 saturated heterocycles. The van der Waals surface area contributed by atoms with Crippen molar-refractivity contribution < 1.29 is 9.18 Å². The number of aromatic nitrogens is 1. The molecule has 1 aromatic heterocycles. The number of para-hydroxylation sites is 1. The van der Waals surface area contributed by atoms with Gasteiger partial charge in [0.15, 0.2) is 4.80 Å². The summed E-state index contributed by atoms with van der Waals surface area (Å²) in [4.78, 5) is 16.9. The Morgan fingerprint density at radius 2 is 2.09 bits per heavy atom. The lowest BCUT2D eigenvalue weighted by Gasteiger charge is -2.02. The monoisotopic (exact) mass is 368 g/mol. The Kier molecular flexibility index (Phi) is 4.53. The van der Waals surface area contributed by atoms with Crippen LogP contribution in [-0.4, -0.2) is 10.5 Å². The molecule has 0 saturated carbocycles. The molecule has 1 amide bonds. The van der Waals surface area contributed by atoms with Crippen molar-refractivity contribution in [3.8, 4) is 0 Å². The Morgan fingerprint density at radius 1 is 1.30 bits per heavy atom. The molecule has 3 rings (SSSR count). The number of carbonyl (C=O) groups excluding carboxylic acids is 1. The molecule has 23 heavy (non-hydrogen) atoms. The van der Waals surface area contributed by atoms with Gasteiger partial charge in [0.2, 0.25) is 0 Å². The van der Waals surface area contributed by atoms with Crippen molar-refractivity contribution in [1.29, 1.82) is 0 Å². The zero-order valence-corrected chi connectivity index (χ0v) is 14.3. The first-order valence-corrected chi connectivity index (χ1v) is 8.40. The van der Waals surface area contributed by atoms with Gasteiger partial charge in [-0.25, -0.2) is 4.39 Å². The normalized spacial score (nSPS) is 12.1. The molecule has 0 fully saturated rings. The zero-order chi connectivity index (χ0) is 16.6. The van der Waals surface area contributed by atoms with E-state index in [1.165, 1.54) is 29.5 Å². The first-order valence-electron chi connectivity index (χ1n) is 6.83. The Bertz CT molecular complexity index is 978. The average molecular weight is 369 g/mol. The maximum Gasteiger partial charge on any atom is 0.281 e. The maximum atomic E-state index is 14.0. The smallest absolute Gasteiger partial charge is 0.281 e. The van der Waals surface area contributed by atoms with Crippen LogP contribution in [0, 0.1) is 5.82 Å². The van der Waals surface area contributed by atoms with Crippen molar-refractivity contribution in [2.45, 2.75) is 13.5 Å². The number of hydrogen-bond acceptors (Lipinski definition) is 2. The fraction of sp³-hybridized carbons (Fsp3) is 0.125. The molecule has 0 unspecified atom stereocenters. The van der Waals surface area contributed by atoms with Crippen molar-refractivity contribution in [3.05, 3.63) is 62.6 Å². The summed E-state index contributed by atoms with van der Waals surface area (Å²) in [7, 11) is 0. The predicted molar refractivity (Wildman–Crippen MR) is 91.8 cm³/mol. The van der Waals surface area contributed by atoms with E-state index in [9.17, 15) is 9.18 Å². The number of halogens is 3. The number of carbonyl (C=O) groups is 1. The molecule has 3 aromatic rings. The van der Waals surface area contributed by atoms with E-state index in [1.807, 2.05) is 6.92 Å². The molecule has 7 heteroatoms. The number of rotatable bonds is 2. The molecule has 0 atom stereocenters. The highest BCUT2D eigenvalue weighted by atomic mass is 35.5. The lowest BCUT2D eigenvalue weighted by Crippen LogP contribution is -2.16. The van der Waals surface area contributed by atoms with Crippen molar-refractivity contribution in [1.82, 2.24) is 4.57 Å². The molecule has 118 valence electrons. The lowest BCUT2D eigenvalue weighted by atomic mass is 10.2. The van der Waals surface area contributed by atoms with E-state index in [0.717, 1.165) is 4.70 Å². The van der Waals surface area contributed by atoms with Crippen LogP contribution in [0.4, 0.5) is 4.39 Å². The van der Waals surface area contributed by atoms with Gasteiger partial charge in [-0.05, 0) is 37.3 Å². The molecule has 0 spiro atoms. The molecular formula is C16H11Cl2FN2OS. The minimum Gasteiger partial charge on any atom is -0.314 e. The fourth-order valence-electron chi connectivity index (χ4n) is 2.28. The fourth-order valence-corrected chi connectivity index (χ4v) is 3.87. The summed E-state index contributed by atoms with van der Waals surface area (Å²) < 4.78 is 16.5. The first kappa shape index (κ1) is 16.2. The van der Waals surface area contributed by atoms with Gasteiger partial charge >= 0.3 is 0 Å². The Balaban J connectivity index is 2.17. The largest absolute Gasteiger partial charge is 0.314 e. The summed E-state index contributed by atoms with van der Waals surface area (Å²) in [6.45, 7) is 2.37. The van der Waals surface area contributed by atoms with E-state index in [0.29, 0.717) is 21.9 Å². The highest BCUT2D eigenvalue weighted by Gasteiger charge is 2.13. The van der Waals surface area contributed by atoms with E-state index < -0.39 is 5.91 Å². The summed E-state index contributed by atoms with van der Waals surface area (Å²) in [6, 6.07) is 9.42. The third-order valence-electron chi connectivity index (χ3n) is 3.33. The number of hydrogen-bond donors (Lipinski definition) is 0. The molecule has 2 aromatic carbocycles. The molecule has 0 bridgehead atoms. The highest BCUT2D eigenvalue weighted by Crippen LogP contribution is 2.23. The SMILES string of the molecule is CCn1c(=NC(=O)c2ccc(Cl)cc2Cl)sc2cccc(F)c21. The van der Waals surface area contributed by atoms with Crippen LogP contribution >= 0.6 is 34.5 Å². The van der Waals surface area contributed by atoms with Crippen LogP contribution in [0.25, 0.3) is 10.2 Å². The Morgan fingerprint density at radius 3 is 2.78 bits per heavy atom. The van der Waals surface area contributed by atoms with Crippen molar-refractivity contribution in [2.24, 2.45) is 4.99 Å². The van der Waals surface area contributed by atoms with Crippen LogP contribution in [0.3, 0.4) is 0 Å². The molecule has 1 heterocycles. The second kappa shape index (κ2) is 6.43. The van der Waals surface area contributed by atoms with E-state index >= 15 is 0 Å². The summed E-state index contributed by atoms with van der Waals surface area (Å²) >= 11 is 13.1. The molecule has 0 N–H and O–H groups in total. The summed E-state index contributed by atoms with van der Waals surface area (Å²) in [5, 5.41) is 0.681. The first-order chi connectivity index (χ1) is 11.0. The van der Waals surface area contributed by atoms with Crippen molar-refractivity contribution >= 4 is 50.7 Å². The number of amides is 1. The van der Waals surface area contributed by atoms with Gasteiger partial charge < -0.3 is 4.57 Å². The third-order valence-corrected chi connectivity index (χ3v) is 4.92. The van der Waals surface area contributed by atoms with Gasteiger partial charge in [0, 0.05) is 11.6 Å². The van der Waals surface area contributed by atoms with Crippen LogP contribution in [-0.2, 0) is 6.54 Å². The van der Waals surface area contributed by atoms with E-state index in [2.05, 4.69) is 4.99 Å². The topological polar surface area (TPSA) is 34.4 Å². The number of thiazole rings is 1. The Labute approximate surface area is 145 Å². The second-order valence-corrected chi connectivity index (χ2v) is 6.61. The summed E-state index contributed by atoms with van der Waals surface area (Å²) in [6.07, 6.45) is 0. The zero-order valence-electron chi connectivity index (χ0n) is 12.0. The van der Waals surface area contributed by atoms with E-state index in [4.69, 9.17) is 23.2 Å². The van der Waals surface area contributed by atoms with Crippen LogP contribution in [0.2, 0.25) is 10.0 Å². The van der Waals surface area contributed by atoms with Gasteiger partial charge in [-0.2, -0.15) is 4.99 Å². The van der Waals surface area contributed by atoms with Crippen LogP contribution in [0.1, 0.15) is 17.3 Å². The number of nitrogens with zero attached hydrogens (tertiary/aromatic N) is 2. The quantitative estimate of drug-likeness (QED) is 0.632. The number of benzene rings is 2. The third kappa shape index (κ3) is 3.04. The molecule has 0 aliphatic rings. The van der Waals surface area contributed by atoms with Gasteiger partial charge in [0.05, 0.1) is 20.8 Å². The van der Waals surface area contributed by atoms with Crippen molar-refractivity contribution in [3.63, 3.8) is 0 Å². The van der Waals surface area contributed by atoms with Crippen LogP contribution < -0.4 is 4.80 Å². The lowest BCUT2D eigenvalue weighted by molar-refractivity contribution is 0.0998. The minimum atomic E-state index is -0.485. The second-order valence-electron chi connectivity index (χ2n) is 4.76. The van der Waals surface area contributed by atoms with Gasteiger partial charge in [0.25, 0.3) is 5.91 Å². The number of fused-ring (bicyclic) bond motifs is 1. The Hall–Kier alpha value is -1.69. The molecule has 3 nitrogen and oxygen atoms in total. The van der Waals surface area contributed by atoms with Crippen LogP contribution in [0.15, 0.2) is 41.4 Å². The highest BCUT2D eigenvalue weighted by molar-refractivity contribution is 7.16. The average Bonchev–Trinajstić information content (AvgIpc) is 2.85. The van der Waals surface area contributed by atoms with Gasteiger partial charge in [0.1, 0.15) is 5.82 Å². The van der Waals surface area contributed by atoms with Crippen molar-refractivity contribution in [2.75, 3.05) is 0 Å². The van der Waals surface area contributed by atoms with E-state index in [-0.39, 0.29) is 16.4 Å². The molecule has 0 radical (unpaired) electrons. The van der Waals surface area contributed by atoms with Gasteiger partial charge in [-0.3, -0.25) is 4.79 Å². The minimum absolute atomic E-state index is 0.238. The predicted octanol–water partition coefficient (Wildman–Crippen LogP) is 4.91. The van der Waals surface area contributed by atoms with Gasteiger partial charge in [-0.15, -0.1) is 0 Å². The molecular weight excluding hydrogens is 358 g/mol.